The van der Waals surface area contributed by atoms with Crippen molar-refractivity contribution in [3.8, 4) is 0 Å². The van der Waals surface area contributed by atoms with Gasteiger partial charge in [0.15, 0.2) is 0 Å². The first-order valence-corrected chi connectivity index (χ1v) is 8.85. The van der Waals surface area contributed by atoms with Crippen molar-refractivity contribution in [1.29, 1.82) is 0 Å². The Morgan fingerprint density at radius 1 is 1.30 bits per heavy atom. The summed E-state index contributed by atoms with van der Waals surface area (Å²) in [6.45, 7) is 6.76. The minimum Gasteiger partial charge on any atom is -0.478 e. The van der Waals surface area contributed by atoms with Crippen molar-refractivity contribution in [2.45, 2.75) is 45.0 Å². The summed E-state index contributed by atoms with van der Waals surface area (Å²) in [5.74, 6) is -0.923. The van der Waals surface area contributed by atoms with Crippen LogP contribution in [0.3, 0.4) is 0 Å². The molecule has 1 N–H and O–H groups in total. The van der Waals surface area contributed by atoms with Crippen LogP contribution < -0.4 is 0 Å². The number of allylic oxidation sites excluding steroid dienone is 6. The van der Waals surface area contributed by atoms with Gasteiger partial charge in [0, 0.05) is 12.7 Å². The van der Waals surface area contributed by atoms with Crippen LogP contribution in [-0.4, -0.2) is 29.0 Å². The molecule has 0 amide bonds. The Morgan fingerprint density at radius 2 is 2.09 bits per heavy atom. The number of carboxylic acid groups (broad SMARTS) is 1. The third-order valence-electron chi connectivity index (χ3n) is 3.25. The second kappa shape index (κ2) is 11.1. The normalized spacial score (nSPS) is 22.6. The third kappa shape index (κ3) is 8.62. The van der Waals surface area contributed by atoms with Gasteiger partial charge >= 0.3 is 5.97 Å². The highest BCUT2D eigenvalue weighted by atomic mass is 32.2. The number of unbranched alkanes of at least 4 members (excludes halogenated alkanes) is 1. The molecule has 0 aliphatic carbocycles. The van der Waals surface area contributed by atoms with Crippen molar-refractivity contribution in [2.75, 3.05) is 6.61 Å². The van der Waals surface area contributed by atoms with Gasteiger partial charge in [-0.2, -0.15) is 0 Å². The molecular weight excluding hydrogens is 308 g/mol. The van der Waals surface area contributed by atoms with Crippen molar-refractivity contribution in [3.63, 3.8) is 0 Å². The highest BCUT2D eigenvalue weighted by molar-refractivity contribution is 8.03. The van der Waals surface area contributed by atoms with Crippen LogP contribution in [0, 0.1) is 0 Å². The standard InChI is InChI=1S/C19H26O3S/c1-4-5-12-22-17-11-13-23-18(17)10-9-15(2)7-6-8-16(3)14-19(20)21/h6-11,13-14,17-18H,4-5,12H2,1-3H3,(H,20,21)/b8-6+,10-9+,15-7+,16-14+. The molecule has 1 aliphatic rings. The molecule has 0 aromatic carbocycles. The topological polar surface area (TPSA) is 46.5 Å². The summed E-state index contributed by atoms with van der Waals surface area (Å²) < 4.78 is 5.88. The summed E-state index contributed by atoms with van der Waals surface area (Å²) in [6.07, 6.45) is 15.6. The summed E-state index contributed by atoms with van der Waals surface area (Å²) in [5.41, 5.74) is 1.83. The number of aliphatic carboxylic acids is 1. The summed E-state index contributed by atoms with van der Waals surface area (Å²) in [7, 11) is 0. The fraction of sp³-hybridized carbons (Fsp3) is 0.421. The van der Waals surface area contributed by atoms with Crippen molar-refractivity contribution in [3.05, 3.63) is 59.1 Å². The van der Waals surface area contributed by atoms with E-state index in [0.29, 0.717) is 10.8 Å². The lowest BCUT2D eigenvalue weighted by molar-refractivity contribution is -0.131. The van der Waals surface area contributed by atoms with E-state index in [4.69, 9.17) is 9.84 Å². The summed E-state index contributed by atoms with van der Waals surface area (Å²) in [5, 5.41) is 11.1. The second-order valence-electron chi connectivity index (χ2n) is 5.47. The zero-order valence-corrected chi connectivity index (χ0v) is 14.9. The van der Waals surface area contributed by atoms with Gasteiger partial charge in [0.25, 0.3) is 0 Å². The average molecular weight is 334 g/mol. The molecule has 0 aromatic rings. The van der Waals surface area contributed by atoms with Gasteiger partial charge in [0.2, 0.25) is 0 Å². The number of hydrogen-bond acceptors (Lipinski definition) is 3. The zero-order valence-electron chi connectivity index (χ0n) is 14.1. The smallest absolute Gasteiger partial charge is 0.328 e. The summed E-state index contributed by atoms with van der Waals surface area (Å²) in [4.78, 5) is 10.5. The van der Waals surface area contributed by atoms with Gasteiger partial charge in [0.1, 0.15) is 0 Å². The number of ether oxygens (including phenoxy) is 1. The Balaban J connectivity index is 2.50. The molecule has 3 nitrogen and oxygen atoms in total. The maximum atomic E-state index is 10.5. The van der Waals surface area contributed by atoms with E-state index in [-0.39, 0.29) is 6.10 Å². The average Bonchev–Trinajstić information content (AvgIpc) is 2.92. The van der Waals surface area contributed by atoms with Crippen molar-refractivity contribution < 1.29 is 14.6 Å². The lowest BCUT2D eigenvalue weighted by Crippen LogP contribution is -2.19. The molecule has 1 heterocycles. The summed E-state index contributed by atoms with van der Waals surface area (Å²) in [6, 6.07) is 0. The van der Waals surface area contributed by atoms with Gasteiger partial charge in [-0.3, -0.25) is 0 Å². The number of hydrogen-bond donors (Lipinski definition) is 1. The summed E-state index contributed by atoms with van der Waals surface area (Å²) >= 11 is 1.77. The first kappa shape index (κ1) is 19.5. The minimum absolute atomic E-state index is 0.159. The minimum atomic E-state index is -0.923. The molecule has 23 heavy (non-hydrogen) atoms. The van der Waals surface area contributed by atoms with E-state index in [1.165, 1.54) is 6.08 Å². The lowest BCUT2D eigenvalue weighted by atomic mass is 10.1. The SMILES string of the molecule is CCCCOC1C=CSC1/C=C/C(C)=C/C=C/C(C)=C/C(=O)O. The Hall–Kier alpha value is -1.52. The molecule has 0 radical (unpaired) electrons. The van der Waals surface area contributed by atoms with Gasteiger partial charge in [-0.15, -0.1) is 11.8 Å². The van der Waals surface area contributed by atoms with Crippen LogP contribution in [0.1, 0.15) is 33.6 Å². The molecule has 0 aromatic heterocycles. The Labute approximate surface area is 143 Å². The van der Waals surface area contributed by atoms with Crippen LogP contribution in [0.2, 0.25) is 0 Å². The molecular formula is C19H26O3S. The Kier molecular flexibility index (Phi) is 9.41. The molecule has 4 heteroatoms. The van der Waals surface area contributed by atoms with E-state index in [1.807, 2.05) is 19.1 Å². The van der Waals surface area contributed by atoms with Gasteiger partial charge in [-0.1, -0.05) is 49.3 Å². The molecule has 2 atom stereocenters. The van der Waals surface area contributed by atoms with Crippen LogP contribution in [0.5, 0.6) is 0 Å². The molecule has 0 saturated carbocycles. The van der Waals surface area contributed by atoms with E-state index >= 15 is 0 Å². The zero-order chi connectivity index (χ0) is 17.1. The number of carboxylic acids is 1. The number of thioether (sulfide) groups is 1. The van der Waals surface area contributed by atoms with E-state index in [1.54, 1.807) is 24.8 Å². The van der Waals surface area contributed by atoms with Gasteiger partial charge in [-0.05, 0) is 37.3 Å². The Bertz CT molecular complexity index is 527. The van der Waals surface area contributed by atoms with E-state index in [9.17, 15) is 4.79 Å². The fourth-order valence-corrected chi connectivity index (χ4v) is 2.89. The van der Waals surface area contributed by atoms with Crippen LogP contribution in [-0.2, 0) is 9.53 Å². The van der Waals surface area contributed by atoms with Crippen LogP contribution in [0.4, 0.5) is 0 Å². The molecule has 0 bridgehead atoms. The molecule has 0 fully saturated rings. The van der Waals surface area contributed by atoms with Crippen molar-refractivity contribution >= 4 is 17.7 Å². The highest BCUT2D eigenvalue weighted by Crippen LogP contribution is 2.28. The van der Waals surface area contributed by atoms with Gasteiger partial charge in [0.05, 0.1) is 11.4 Å². The van der Waals surface area contributed by atoms with E-state index in [2.05, 4.69) is 30.6 Å². The second-order valence-corrected chi connectivity index (χ2v) is 6.56. The predicted molar refractivity (Wildman–Crippen MR) is 98.6 cm³/mol. The van der Waals surface area contributed by atoms with Crippen molar-refractivity contribution in [1.82, 2.24) is 0 Å². The van der Waals surface area contributed by atoms with Crippen LogP contribution in [0.15, 0.2) is 59.1 Å². The number of rotatable bonds is 9. The maximum Gasteiger partial charge on any atom is 0.328 e. The fourth-order valence-electron chi connectivity index (χ4n) is 1.97. The predicted octanol–water partition coefficient (Wildman–Crippen LogP) is 4.89. The third-order valence-corrected chi connectivity index (χ3v) is 4.31. The van der Waals surface area contributed by atoms with E-state index in [0.717, 1.165) is 25.0 Å². The molecule has 1 aliphatic heterocycles. The first-order chi connectivity index (χ1) is 11.0. The largest absolute Gasteiger partial charge is 0.478 e. The molecule has 126 valence electrons. The van der Waals surface area contributed by atoms with Crippen molar-refractivity contribution in [2.24, 2.45) is 0 Å². The van der Waals surface area contributed by atoms with Crippen LogP contribution in [0.25, 0.3) is 0 Å². The van der Waals surface area contributed by atoms with E-state index < -0.39 is 5.97 Å². The molecule has 2 unspecified atom stereocenters. The van der Waals surface area contributed by atoms with Crippen LogP contribution >= 0.6 is 11.8 Å². The quantitative estimate of drug-likeness (QED) is 0.370. The molecule has 0 saturated heterocycles. The van der Waals surface area contributed by atoms with Gasteiger partial charge in [-0.25, -0.2) is 4.79 Å². The maximum absolute atomic E-state index is 10.5. The monoisotopic (exact) mass is 334 g/mol. The van der Waals surface area contributed by atoms with Gasteiger partial charge < -0.3 is 9.84 Å². The molecule has 0 spiro atoms. The lowest BCUT2D eigenvalue weighted by Gasteiger charge is -2.15. The Morgan fingerprint density at radius 3 is 2.78 bits per heavy atom. The highest BCUT2D eigenvalue weighted by Gasteiger charge is 2.21. The number of carbonyl (C=O) groups is 1. The molecule has 1 rings (SSSR count). The first-order valence-electron chi connectivity index (χ1n) is 7.91.